The van der Waals surface area contributed by atoms with Crippen molar-refractivity contribution in [3.05, 3.63) is 57.6 Å². The van der Waals surface area contributed by atoms with Crippen molar-refractivity contribution in [2.75, 3.05) is 5.32 Å². The van der Waals surface area contributed by atoms with Crippen molar-refractivity contribution in [1.29, 1.82) is 0 Å². The highest BCUT2D eigenvalue weighted by Gasteiger charge is 2.14. The Morgan fingerprint density at radius 1 is 1.20 bits per heavy atom. The molecule has 2 aromatic rings. The first-order chi connectivity index (χ1) is 9.47. The fourth-order valence-corrected chi connectivity index (χ4v) is 1.87. The lowest BCUT2D eigenvalue weighted by atomic mass is 10.1. The monoisotopic (exact) mass is 274 g/mol. The van der Waals surface area contributed by atoms with E-state index in [1.807, 2.05) is 6.92 Å². The van der Waals surface area contributed by atoms with Crippen molar-refractivity contribution < 1.29 is 15.1 Å². The Morgan fingerprint density at radius 2 is 1.95 bits per heavy atom. The summed E-state index contributed by atoms with van der Waals surface area (Å²) in [5.74, 6) is -0.0369. The van der Waals surface area contributed by atoms with Gasteiger partial charge in [0.25, 0.3) is 5.69 Å². The van der Waals surface area contributed by atoms with E-state index < -0.39 is 4.92 Å². The zero-order valence-electron chi connectivity index (χ0n) is 10.8. The molecule has 0 aliphatic rings. The van der Waals surface area contributed by atoms with Gasteiger partial charge in [0, 0.05) is 12.1 Å². The lowest BCUT2D eigenvalue weighted by Crippen LogP contribution is -2.03. The van der Waals surface area contributed by atoms with Crippen LogP contribution < -0.4 is 5.32 Å². The number of hydrogen-bond donors (Lipinski definition) is 3. The van der Waals surface area contributed by atoms with Gasteiger partial charge >= 0.3 is 0 Å². The number of nitrogens with zero attached hydrogens (tertiary/aromatic N) is 1. The van der Waals surface area contributed by atoms with Crippen LogP contribution in [0.3, 0.4) is 0 Å². The van der Waals surface area contributed by atoms with E-state index in [0.717, 1.165) is 11.6 Å². The van der Waals surface area contributed by atoms with Crippen LogP contribution in [0.15, 0.2) is 36.4 Å². The second-order valence-electron chi connectivity index (χ2n) is 4.44. The van der Waals surface area contributed by atoms with Crippen molar-refractivity contribution in [3.8, 4) is 11.5 Å². The normalized spacial score (nSPS) is 10.2. The number of aryl methyl sites for hydroxylation is 1. The van der Waals surface area contributed by atoms with Gasteiger partial charge in [0.15, 0.2) is 0 Å². The fourth-order valence-electron chi connectivity index (χ4n) is 1.87. The van der Waals surface area contributed by atoms with E-state index in [4.69, 9.17) is 0 Å². The topological polar surface area (TPSA) is 95.6 Å². The van der Waals surface area contributed by atoms with Crippen LogP contribution in [-0.4, -0.2) is 15.1 Å². The molecule has 0 fully saturated rings. The Labute approximate surface area is 115 Å². The van der Waals surface area contributed by atoms with Gasteiger partial charge in [-0.3, -0.25) is 10.1 Å². The molecule has 6 nitrogen and oxygen atoms in total. The van der Waals surface area contributed by atoms with E-state index in [1.165, 1.54) is 12.1 Å². The number of phenols is 2. The van der Waals surface area contributed by atoms with Crippen molar-refractivity contribution in [2.45, 2.75) is 13.5 Å². The number of anilines is 1. The summed E-state index contributed by atoms with van der Waals surface area (Å²) in [6, 6.07) is 9.04. The smallest absolute Gasteiger partial charge is 0.296 e. The number of nitro benzene ring substituents is 1. The number of hydrogen-bond acceptors (Lipinski definition) is 5. The quantitative estimate of drug-likeness (QED) is 0.452. The molecule has 0 aliphatic heterocycles. The molecule has 104 valence electrons. The van der Waals surface area contributed by atoms with Gasteiger partial charge < -0.3 is 15.5 Å². The number of nitro groups is 1. The van der Waals surface area contributed by atoms with Crippen LogP contribution in [0.1, 0.15) is 11.1 Å². The molecule has 2 aromatic carbocycles. The molecule has 0 radical (unpaired) electrons. The maximum absolute atomic E-state index is 10.9. The third-order valence-corrected chi connectivity index (χ3v) is 2.88. The van der Waals surface area contributed by atoms with E-state index in [-0.39, 0.29) is 29.4 Å². The van der Waals surface area contributed by atoms with Gasteiger partial charge in [0.2, 0.25) is 0 Å². The Kier molecular flexibility index (Phi) is 3.74. The highest BCUT2D eigenvalue weighted by molar-refractivity contribution is 5.64. The third kappa shape index (κ3) is 2.97. The SMILES string of the molecule is Cc1ccc(O)c(CNc2ccc(O)cc2[N+](=O)[O-])c1. The number of rotatable bonds is 4. The summed E-state index contributed by atoms with van der Waals surface area (Å²) < 4.78 is 0. The second kappa shape index (κ2) is 5.48. The zero-order valence-corrected chi connectivity index (χ0v) is 10.8. The molecule has 0 aromatic heterocycles. The van der Waals surface area contributed by atoms with Crippen molar-refractivity contribution in [2.24, 2.45) is 0 Å². The lowest BCUT2D eigenvalue weighted by molar-refractivity contribution is -0.384. The minimum Gasteiger partial charge on any atom is -0.508 e. The number of aromatic hydroxyl groups is 2. The van der Waals surface area contributed by atoms with Crippen molar-refractivity contribution >= 4 is 11.4 Å². The first-order valence-corrected chi connectivity index (χ1v) is 5.97. The highest BCUT2D eigenvalue weighted by Crippen LogP contribution is 2.29. The van der Waals surface area contributed by atoms with Gasteiger partial charge in [0.1, 0.15) is 17.2 Å². The van der Waals surface area contributed by atoms with Crippen LogP contribution in [0, 0.1) is 17.0 Å². The molecule has 0 atom stereocenters. The second-order valence-corrected chi connectivity index (χ2v) is 4.44. The molecule has 0 aliphatic carbocycles. The minimum absolute atomic E-state index is 0.129. The van der Waals surface area contributed by atoms with Gasteiger partial charge in [0.05, 0.1) is 11.0 Å². The Morgan fingerprint density at radius 3 is 2.65 bits per heavy atom. The van der Waals surface area contributed by atoms with Crippen molar-refractivity contribution in [1.82, 2.24) is 0 Å². The van der Waals surface area contributed by atoms with Crippen molar-refractivity contribution in [3.63, 3.8) is 0 Å². The maximum Gasteiger partial charge on any atom is 0.296 e. The van der Waals surface area contributed by atoms with Gasteiger partial charge in [-0.05, 0) is 25.1 Å². The molecule has 0 amide bonds. The average Bonchev–Trinajstić information content (AvgIpc) is 2.40. The van der Waals surface area contributed by atoms with Crippen LogP contribution in [0.5, 0.6) is 11.5 Å². The maximum atomic E-state index is 10.9. The van der Waals surface area contributed by atoms with Gasteiger partial charge in [-0.15, -0.1) is 0 Å². The molecule has 0 heterocycles. The van der Waals surface area contributed by atoms with E-state index in [1.54, 1.807) is 18.2 Å². The minimum atomic E-state index is -0.571. The molecular formula is C14H14N2O4. The van der Waals surface area contributed by atoms with Gasteiger partial charge in [-0.2, -0.15) is 0 Å². The van der Waals surface area contributed by atoms with E-state index in [2.05, 4.69) is 5.32 Å². The predicted octanol–water partition coefficient (Wildman–Crippen LogP) is 2.93. The van der Waals surface area contributed by atoms with E-state index in [9.17, 15) is 20.3 Å². The summed E-state index contributed by atoms with van der Waals surface area (Å²) in [7, 11) is 0. The summed E-state index contributed by atoms with van der Waals surface area (Å²) in [5, 5.41) is 32.8. The zero-order chi connectivity index (χ0) is 14.7. The summed E-state index contributed by atoms with van der Waals surface area (Å²) >= 11 is 0. The molecular weight excluding hydrogens is 260 g/mol. The van der Waals surface area contributed by atoms with Crippen LogP contribution in [-0.2, 0) is 6.54 Å². The molecule has 2 rings (SSSR count). The molecule has 20 heavy (non-hydrogen) atoms. The van der Waals surface area contributed by atoms with E-state index >= 15 is 0 Å². The third-order valence-electron chi connectivity index (χ3n) is 2.88. The van der Waals surface area contributed by atoms with Gasteiger partial charge in [-0.25, -0.2) is 0 Å². The number of phenolic OH excluding ortho intramolecular Hbond substituents is 2. The predicted molar refractivity (Wildman–Crippen MR) is 74.9 cm³/mol. The molecule has 0 unspecified atom stereocenters. The summed E-state index contributed by atoms with van der Waals surface area (Å²) in [4.78, 5) is 10.3. The first kappa shape index (κ1) is 13.7. The molecule has 3 N–H and O–H groups in total. The molecule has 0 saturated carbocycles. The molecule has 0 saturated heterocycles. The Hall–Kier alpha value is -2.76. The molecule has 0 bridgehead atoms. The van der Waals surface area contributed by atoms with Crippen LogP contribution in [0.25, 0.3) is 0 Å². The summed E-state index contributed by atoms with van der Waals surface area (Å²) in [6.45, 7) is 2.14. The molecule has 6 heteroatoms. The molecule has 0 spiro atoms. The fraction of sp³-hybridized carbons (Fsp3) is 0.143. The standard InChI is InChI=1S/C14H14N2O4/c1-9-2-5-14(18)10(6-9)8-15-12-4-3-11(17)7-13(12)16(19)20/h2-7,15,17-18H,8H2,1H3. The van der Waals surface area contributed by atoms with Crippen LogP contribution in [0.4, 0.5) is 11.4 Å². The number of nitrogens with one attached hydrogen (secondary N) is 1. The highest BCUT2D eigenvalue weighted by atomic mass is 16.6. The average molecular weight is 274 g/mol. The Bertz CT molecular complexity index is 656. The number of benzene rings is 2. The van der Waals surface area contributed by atoms with Crippen LogP contribution in [0.2, 0.25) is 0 Å². The summed E-state index contributed by atoms with van der Waals surface area (Å²) in [5.41, 5.74) is 1.71. The lowest BCUT2D eigenvalue weighted by Gasteiger charge is -2.09. The first-order valence-electron chi connectivity index (χ1n) is 5.97. The van der Waals surface area contributed by atoms with Crippen LogP contribution >= 0.6 is 0 Å². The van der Waals surface area contributed by atoms with E-state index in [0.29, 0.717) is 5.56 Å². The van der Waals surface area contributed by atoms with Gasteiger partial charge in [-0.1, -0.05) is 17.7 Å². The summed E-state index contributed by atoms with van der Waals surface area (Å²) in [6.07, 6.45) is 0. The largest absolute Gasteiger partial charge is 0.508 e. The Balaban J connectivity index is 2.23.